The molecule has 0 aromatic rings. The summed E-state index contributed by atoms with van der Waals surface area (Å²) < 4.78 is 0. The lowest BCUT2D eigenvalue weighted by atomic mass is 10.1. The molecule has 0 N–H and O–H groups in total. The Kier molecular flexibility index (Phi) is 28.9. The van der Waals surface area contributed by atoms with Crippen molar-refractivity contribution in [1.82, 2.24) is 0 Å². The van der Waals surface area contributed by atoms with Gasteiger partial charge in [0.15, 0.2) is 0 Å². The van der Waals surface area contributed by atoms with E-state index in [9.17, 15) is 4.80 Å². The normalized spacial score (nSPS) is 12.0. The first-order valence-electron chi connectivity index (χ1n) is 16.9. The lowest BCUT2D eigenvalue weighted by Crippen LogP contribution is -2.32. The lowest BCUT2D eigenvalue weighted by Gasteiger charge is -2.23. The smallest absolute Gasteiger partial charge is 0.237 e. The van der Waals surface area contributed by atoms with Crippen molar-refractivity contribution in [3.05, 3.63) is 0 Å². The zero-order chi connectivity index (χ0) is 25.7. The third-order valence-corrected chi connectivity index (χ3v) is 12.0. The summed E-state index contributed by atoms with van der Waals surface area (Å²) in [5.74, 6) is 0. The van der Waals surface area contributed by atoms with E-state index in [1.54, 1.807) is 0 Å². The van der Waals surface area contributed by atoms with Crippen LogP contribution in [0.25, 0.3) is 0 Å². The van der Waals surface area contributed by atoms with Gasteiger partial charge in [0, 0.05) is 0 Å². The topological polar surface area (TPSA) is 19.9 Å². The molecule has 0 aliphatic heterocycles. The number of hydrogen-bond acceptors (Lipinski definition) is 0. The maximum atomic E-state index is 13.9. The van der Waals surface area contributed by atoms with E-state index >= 15 is 0 Å². The minimum Gasteiger partial charge on any atom is -0.297 e. The van der Waals surface area contributed by atoms with Crippen LogP contribution in [0.3, 0.4) is 0 Å². The number of rotatable bonds is 30. The van der Waals surface area contributed by atoms with Gasteiger partial charge in [-0.25, -0.2) is 0 Å². The quantitative estimate of drug-likeness (QED) is 0.0677. The predicted molar refractivity (Wildman–Crippen MR) is 163 cm³/mol. The van der Waals surface area contributed by atoms with Crippen molar-refractivity contribution >= 4 is 8.32 Å². The highest BCUT2D eigenvalue weighted by atomic mass is 28.4. The molecular weight excluding hydrogens is 440 g/mol. The van der Waals surface area contributed by atoms with Crippen molar-refractivity contribution in [3.63, 3.8) is 0 Å². The zero-order valence-electron chi connectivity index (χ0n) is 25.1. The van der Waals surface area contributed by atoms with Gasteiger partial charge in [-0.2, -0.15) is 0 Å². The van der Waals surface area contributed by atoms with Crippen LogP contribution in [0.2, 0.25) is 18.1 Å². The van der Waals surface area contributed by atoms with E-state index in [0.29, 0.717) is 0 Å². The standard InChI is InChI=1S/C33H69OSi/c1-4-7-10-13-16-19-22-25-28-31-35(34,32-29-26-23-20-17-14-11-8-5-2)33-30-27-24-21-18-15-12-9-6-3/h4-33H2,1-3H3. The predicted octanol–water partition coefficient (Wildman–Crippen LogP) is 13.0. The highest BCUT2D eigenvalue weighted by Crippen LogP contribution is 2.28. The fraction of sp³-hybridized carbons (Fsp3) is 1.00. The van der Waals surface area contributed by atoms with E-state index in [1.165, 1.54) is 173 Å². The molecule has 0 unspecified atom stereocenters. The van der Waals surface area contributed by atoms with Crippen molar-refractivity contribution in [1.29, 1.82) is 0 Å². The molecule has 0 aliphatic rings. The molecule has 0 saturated heterocycles. The Morgan fingerprint density at radius 3 is 0.657 bits per heavy atom. The molecule has 1 nitrogen and oxygen atoms in total. The molecule has 0 atom stereocenters. The molecule has 0 rings (SSSR count). The van der Waals surface area contributed by atoms with Crippen molar-refractivity contribution in [2.75, 3.05) is 0 Å². The molecule has 0 bridgehead atoms. The van der Waals surface area contributed by atoms with Crippen LogP contribution in [0.1, 0.15) is 194 Å². The Bertz CT molecular complexity index is 328. The van der Waals surface area contributed by atoms with Gasteiger partial charge in [0.2, 0.25) is 8.32 Å². The average Bonchev–Trinajstić information content (AvgIpc) is 2.86. The van der Waals surface area contributed by atoms with Crippen LogP contribution in [0, 0.1) is 0 Å². The van der Waals surface area contributed by atoms with Gasteiger partial charge in [0.25, 0.3) is 0 Å². The third kappa shape index (κ3) is 27.0. The molecule has 1 radical (unpaired) electrons. The van der Waals surface area contributed by atoms with Gasteiger partial charge >= 0.3 is 0 Å². The Balaban J connectivity index is 4.05. The molecule has 0 saturated carbocycles. The van der Waals surface area contributed by atoms with Crippen LogP contribution in [0.5, 0.6) is 0 Å². The second kappa shape index (κ2) is 28.7. The van der Waals surface area contributed by atoms with Gasteiger partial charge < -0.3 is 0 Å². The highest BCUT2D eigenvalue weighted by Gasteiger charge is 2.31. The van der Waals surface area contributed by atoms with Crippen molar-refractivity contribution in [2.24, 2.45) is 0 Å². The Morgan fingerprint density at radius 2 is 0.457 bits per heavy atom. The minimum absolute atomic E-state index is 1.08. The van der Waals surface area contributed by atoms with Crippen LogP contribution >= 0.6 is 0 Å². The zero-order valence-corrected chi connectivity index (χ0v) is 26.1. The number of hydrogen-bond donors (Lipinski definition) is 0. The van der Waals surface area contributed by atoms with Crippen LogP contribution in [0.4, 0.5) is 0 Å². The van der Waals surface area contributed by atoms with E-state index in [2.05, 4.69) is 20.8 Å². The second-order valence-corrected chi connectivity index (χ2v) is 15.8. The van der Waals surface area contributed by atoms with E-state index in [1.807, 2.05) is 0 Å². The molecule has 0 aliphatic carbocycles. The fourth-order valence-corrected chi connectivity index (χ4v) is 9.08. The third-order valence-electron chi connectivity index (χ3n) is 8.21. The summed E-state index contributed by atoms with van der Waals surface area (Å²) in [6, 6.07) is 3.24. The first-order chi connectivity index (χ1) is 17.2. The molecular formula is C33H69OSi. The van der Waals surface area contributed by atoms with E-state index in [4.69, 9.17) is 0 Å². The molecule has 211 valence electrons. The summed E-state index contributed by atoms with van der Waals surface area (Å²) in [5.41, 5.74) is 0. The van der Waals surface area contributed by atoms with E-state index in [0.717, 1.165) is 18.1 Å². The maximum absolute atomic E-state index is 13.9. The van der Waals surface area contributed by atoms with E-state index < -0.39 is 8.32 Å². The molecule has 0 fully saturated rings. The summed E-state index contributed by atoms with van der Waals surface area (Å²) in [7, 11) is -2.26. The first kappa shape index (κ1) is 35.2. The first-order valence-corrected chi connectivity index (χ1v) is 19.4. The molecule has 2 heteroatoms. The number of unbranched alkanes of at least 4 members (excludes halogenated alkanes) is 24. The molecule has 35 heavy (non-hydrogen) atoms. The monoisotopic (exact) mass is 510 g/mol. The molecule has 0 amide bonds. The molecule has 0 spiro atoms. The Labute approximate surface area is 225 Å². The van der Waals surface area contributed by atoms with Gasteiger partial charge in [-0.1, -0.05) is 194 Å². The average molecular weight is 510 g/mol. The van der Waals surface area contributed by atoms with Crippen molar-refractivity contribution in [2.45, 2.75) is 212 Å². The summed E-state index contributed by atoms with van der Waals surface area (Å²) >= 11 is 0. The van der Waals surface area contributed by atoms with Crippen LogP contribution < -0.4 is 0 Å². The van der Waals surface area contributed by atoms with Gasteiger partial charge in [0.05, 0.1) is 0 Å². The summed E-state index contributed by atoms with van der Waals surface area (Å²) in [5, 5.41) is 0. The van der Waals surface area contributed by atoms with E-state index in [-0.39, 0.29) is 0 Å². The minimum atomic E-state index is -2.26. The van der Waals surface area contributed by atoms with Gasteiger partial charge in [-0.05, 0) is 18.1 Å². The summed E-state index contributed by atoms with van der Waals surface area (Å²) in [6.07, 6.45) is 37.0. The molecule has 0 aromatic carbocycles. The Morgan fingerprint density at radius 1 is 0.286 bits per heavy atom. The maximum Gasteiger partial charge on any atom is 0.237 e. The summed E-state index contributed by atoms with van der Waals surface area (Å²) in [6.45, 7) is 6.88. The van der Waals surface area contributed by atoms with Gasteiger partial charge in [-0.15, -0.1) is 0 Å². The summed E-state index contributed by atoms with van der Waals surface area (Å²) in [4.78, 5) is 13.9. The second-order valence-electron chi connectivity index (χ2n) is 11.9. The SMILES string of the molecule is CCCCCCCCCCC[Si]([O])(CCCCCCCCCCC)CCCCCCCCCCC. The Hall–Kier alpha value is 0.177. The van der Waals surface area contributed by atoms with Crippen LogP contribution in [-0.4, -0.2) is 8.32 Å². The van der Waals surface area contributed by atoms with Crippen molar-refractivity contribution in [3.8, 4) is 0 Å². The van der Waals surface area contributed by atoms with Crippen molar-refractivity contribution < 1.29 is 4.80 Å². The van der Waals surface area contributed by atoms with Crippen LogP contribution in [-0.2, 0) is 4.80 Å². The molecule has 0 heterocycles. The molecule has 0 aromatic heterocycles. The highest BCUT2D eigenvalue weighted by molar-refractivity contribution is 6.72. The van der Waals surface area contributed by atoms with Gasteiger partial charge in [-0.3, -0.25) is 4.80 Å². The largest absolute Gasteiger partial charge is 0.297 e. The van der Waals surface area contributed by atoms with Gasteiger partial charge in [0.1, 0.15) is 0 Å². The fourth-order valence-electron chi connectivity index (χ4n) is 5.65. The van der Waals surface area contributed by atoms with Crippen LogP contribution in [0.15, 0.2) is 0 Å². The lowest BCUT2D eigenvalue weighted by molar-refractivity contribution is 0.397.